The molecule has 1 radical (unpaired) electrons. The standard InChI is InChI=1S/C5H8NOTe/c1-4(8)5(7)6(2)3/h1H2,2-3H3. The van der Waals surface area contributed by atoms with Crippen LogP contribution in [0.4, 0.5) is 0 Å². The van der Waals surface area contributed by atoms with Gasteiger partial charge in [0.05, 0.1) is 0 Å². The van der Waals surface area contributed by atoms with E-state index in [4.69, 9.17) is 0 Å². The van der Waals surface area contributed by atoms with Crippen LogP contribution in [0.2, 0.25) is 0 Å². The molecule has 0 fully saturated rings. The fourth-order valence-corrected chi connectivity index (χ4v) is 0.770. The van der Waals surface area contributed by atoms with Crippen LogP contribution in [0.3, 0.4) is 0 Å². The van der Waals surface area contributed by atoms with Crippen LogP contribution in [0.15, 0.2) is 10.2 Å². The predicted octanol–water partition coefficient (Wildman–Crippen LogP) is -0.243. The third-order valence-corrected chi connectivity index (χ3v) is 1.14. The van der Waals surface area contributed by atoms with E-state index >= 15 is 0 Å². The van der Waals surface area contributed by atoms with Crippen LogP contribution in [0.5, 0.6) is 0 Å². The van der Waals surface area contributed by atoms with Crippen molar-refractivity contribution in [1.82, 2.24) is 4.90 Å². The molecule has 1 amide bonds. The van der Waals surface area contributed by atoms with E-state index in [0.717, 1.165) is 0 Å². The second-order valence-corrected chi connectivity index (χ2v) is 3.03. The van der Waals surface area contributed by atoms with Crippen molar-refractivity contribution < 1.29 is 4.79 Å². The number of hydrogen-bond donors (Lipinski definition) is 0. The Bertz CT molecular complexity index is 120. The van der Waals surface area contributed by atoms with Crippen LogP contribution >= 0.6 is 0 Å². The number of carbonyl (C=O) groups excluding carboxylic acids is 1. The number of carbonyl (C=O) groups is 1. The summed E-state index contributed by atoms with van der Waals surface area (Å²) in [5, 5.41) is 0. The summed E-state index contributed by atoms with van der Waals surface area (Å²) >= 11 is 1.63. The van der Waals surface area contributed by atoms with Crippen LogP contribution in [0.25, 0.3) is 0 Å². The van der Waals surface area contributed by atoms with Gasteiger partial charge in [-0.3, -0.25) is 0 Å². The van der Waals surface area contributed by atoms with Gasteiger partial charge in [0, 0.05) is 0 Å². The summed E-state index contributed by atoms with van der Waals surface area (Å²) in [6.07, 6.45) is 0. The van der Waals surface area contributed by atoms with E-state index in [1.54, 1.807) is 36.4 Å². The molecule has 0 saturated heterocycles. The number of likely N-dealkylation sites (N-methyl/N-ethyl adjacent to an activating group) is 1. The van der Waals surface area contributed by atoms with Gasteiger partial charge in [-0.1, -0.05) is 0 Å². The van der Waals surface area contributed by atoms with Crippen molar-refractivity contribution in [2.75, 3.05) is 14.1 Å². The van der Waals surface area contributed by atoms with Crippen molar-refractivity contribution >= 4 is 28.2 Å². The van der Waals surface area contributed by atoms with Gasteiger partial charge in [-0.05, 0) is 0 Å². The second-order valence-electron chi connectivity index (χ2n) is 1.62. The third kappa shape index (κ3) is 2.34. The van der Waals surface area contributed by atoms with Gasteiger partial charge in [-0.15, -0.1) is 0 Å². The zero-order valence-electron chi connectivity index (χ0n) is 4.97. The molecular weight excluding hydrogens is 218 g/mol. The van der Waals surface area contributed by atoms with Crippen molar-refractivity contribution in [3.8, 4) is 0 Å². The Hall–Kier alpha value is -0.000390. The first-order valence-electron chi connectivity index (χ1n) is 2.13. The fourth-order valence-electron chi connectivity index (χ4n) is 0.249. The van der Waals surface area contributed by atoms with Crippen LogP contribution in [0.1, 0.15) is 0 Å². The summed E-state index contributed by atoms with van der Waals surface area (Å²) < 4.78 is 0.589. The van der Waals surface area contributed by atoms with Gasteiger partial charge in [0.2, 0.25) is 0 Å². The molecule has 0 rings (SSSR count). The molecule has 0 heterocycles. The first kappa shape index (κ1) is 8.00. The quantitative estimate of drug-likeness (QED) is 0.446. The van der Waals surface area contributed by atoms with Gasteiger partial charge in [-0.25, -0.2) is 0 Å². The Morgan fingerprint density at radius 1 is 1.62 bits per heavy atom. The van der Waals surface area contributed by atoms with Crippen molar-refractivity contribution in [2.45, 2.75) is 0 Å². The summed E-state index contributed by atoms with van der Waals surface area (Å²) in [6.45, 7) is 3.49. The number of nitrogens with zero attached hydrogens (tertiary/aromatic N) is 1. The van der Waals surface area contributed by atoms with E-state index in [0.29, 0.717) is 3.62 Å². The Morgan fingerprint density at radius 3 is 2.00 bits per heavy atom. The molecule has 3 heteroatoms. The van der Waals surface area contributed by atoms with E-state index in [-0.39, 0.29) is 5.91 Å². The van der Waals surface area contributed by atoms with Crippen molar-refractivity contribution in [2.24, 2.45) is 0 Å². The van der Waals surface area contributed by atoms with Gasteiger partial charge >= 0.3 is 62.2 Å². The zero-order valence-corrected chi connectivity index (χ0v) is 7.30. The summed E-state index contributed by atoms with van der Waals surface area (Å²) in [6, 6.07) is 0. The average Bonchev–Trinajstić information content (AvgIpc) is 1.64. The second kappa shape index (κ2) is 3.11. The molecule has 0 unspecified atom stereocenters. The number of hydrogen-bond acceptors (Lipinski definition) is 1. The van der Waals surface area contributed by atoms with Gasteiger partial charge in [0.25, 0.3) is 0 Å². The van der Waals surface area contributed by atoms with Crippen molar-refractivity contribution in [3.63, 3.8) is 0 Å². The van der Waals surface area contributed by atoms with Gasteiger partial charge < -0.3 is 0 Å². The van der Waals surface area contributed by atoms with Gasteiger partial charge in [-0.2, -0.15) is 0 Å². The average molecular weight is 226 g/mol. The SMILES string of the molecule is C=C([Te])C(=O)N(C)C. The molecule has 0 aliphatic heterocycles. The van der Waals surface area contributed by atoms with E-state index in [1.165, 1.54) is 4.90 Å². The molecule has 0 bridgehead atoms. The molecule has 0 aromatic heterocycles. The van der Waals surface area contributed by atoms with Crippen LogP contribution in [0, 0.1) is 0 Å². The van der Waals surface area contributed by atoms with Crippen LogP contribution in [-0.2, 0) is 4.79 Å². The normalized spacial score (nSPS) is 8.25. The first-order chi connectivity index (χ1) is 3.55. The minimum atomic E-state index is -0.00481. The predicted molar refractivity (Wildman–Crippen MR) is 33.6 cm³/mol. The molecule has 2 nitrogen and oxygen atoms in total. The van der Waals surface area contributed by atoms with E-state index < -0.39 is 0 Å². The molecule has 0 aliphatic carbocycles. The molecule has 0 aromatic rings. The Balaban J connectivity index is 3.84. The van der Waals surface area contributed by atoms with Crippen molar-refractivity contribution in [1.29, 1.82) is 0 Å². The Morgan fingerprint density at radius 2 is 2.00 bits per heavy atom. The maximum absolute atomic E-state index is 10.7. The van der Waals surface area contributed by atoms with E-state index in [9.17, 15) is 4.79 Å². The number of amides is 1. The van der Waals surface area contributed by atoms with Crippen LogP contribution in [-0.4, -0.2) is 47.2 Å². The molecule has 0 aromatic carbocycles. The minimum absolute atomic E-state index is 0.00481. The summed E-state index contributed by atoms with van der Waals surface area (Å²) in [7, 11) is 3.41. The van der Waals surface area contributed by atoms with Crippen LogP contribution < -0.4 is 0 Å². The molecular formula is C5H8NOTe. The third-order valence-electron chi connectivity index (χ3n) is 0.645. The first-order valence-corrected chi connectivity index (χ1v) is 3.30. The summed E-state index contributed by atoms with van der Waals surface area (Å²) in [5.74, 6) is -0.00481. The van der Waals surface area contributed by atoms with E-state index in [1.807, 2.05) is 0 Å². The molecule has 0 saturated carbocycles. The molecule has 8 heavy (non-hydrogen) atoms. The summed E-state index contributed by atoms with van der Waals surface area (Å²) in [5.41, 5.74) is 0. The molecule has 45 valence electrons. The Kier molecular flexibility index (Phi) is 3.11. The molecule has 0 N–H and O–H groups in total. The zero-order chi connectivity index (χ0) is 6.73. The van der Waals surface area contributed by atoms with Gasteiger partial charge in [0.1, 0.15) is 0 Å². The molecule has 0 atom stereocenters. The Labute approximate surface area is 62.5 Å². The maximum atomic E-state index is 10.7. The van der Waals surface area contributed by atoms with Crippen molar-refractivity contribution in [3.05, 3.63) is 10.2 Å². The summed E-state index contributed by atoms with van der Waals surface area (Å²) in [4.78, 5) is 12.2. The molecule has 0 spiro atoms. The van der Waals surface area contributed by atoms with E-state index in [2.05, 4.69) is 6.58 Å². The fraction of sp³-hybridized carbons (Fsp3) is 0.400. The van der Waals surface area contributed by atoms with Gasteiger partial charge in [0.15, 0.2) is 0 Å². The topological polar surface area (TPSA) is 20.3 Å². The monoisotopic (exact) mass is 228 g/mol. The number of rotatable bonds is 1. The molecule has 0 aliphatic rings.